The number of aliphatic carboxylic acids is 1. The lowest BCUT2D eigenvalue weighted by Gasteiger charge is -2.07. The fraction of sp³-hybridized carbons (Fsp3) is 0.714. The van der Waals surface area contributed by atoms with Crippen LogP contribution in [0.15, 0.2) is 0 Å². The van der Waals surface area contributed by atoms with E-state index < -0.39 is 12.0 Å². The molecule has 0 amide bonds. The summed E-state index contributed by atoms with van der Waals surface area (Å²) in [4.78, 5) is 21.3. The van der Waals surface area contributed by atoms with Crippen LogP contribution in [-0.2, 0) is 9.59 Å². The van der Waals surface area contributed by atoms with Gasteiger partial charge in [-0.05, 0) is 13.5 Å². The summed E-state index contributed by atoms with van der Waals surface area (Å²) < 4.78 is 0. The molecule has 0 saturated carbocycles. The highest BCUT2D eigenvalue weighted by atomic mass is 16.4. The van der Waals surface area contributed by atoms with Crippen molar-refractivity contribution in [2.45, 2.75) is 25.8 Å². The first-order valence-corrected chi connectivity index (χ1v) is 3.56. The van der Waals surface area contributed by atoms with Gasteiger partial charge in [-0.1, -0.05) is 6.92 Å². The summed E-state index contributed by atoms with van der Waals surface area (Å²) in [6.45, 7) is 1.84. The number of likely N-dealkylation sites (N-methyl/N-ethyl adjacent to an activating group) is 1. The molecule has 0 radical (unpaired) electrons. The van der Waals surface area contributed by atoms with Crippen LogP contribution in [0.3, 0.4) is 0 Å². The average molecular weight is 159 g/mol. The highest BCUT2D eigenvalue weighted by Gasteiger charge is 2.22. The SMILES string of the molecule is CCCC(=O)C(NC)C(=O)O. The van der Waals surface area contributed by atoms with Crippen LogP contribution in [0, 0.1) is 0 Å². The third-order valence-corrected chi connectivity index (χ3v) is 1.35. The van der Waals surface area contributed by atoms with E-state index in [4.69, 9.17) is 5.11 Å². The maximum atomic E-state index is 11.0. The standard InChI is InChI=1S/C7H13NO3/c1-3-4-5(9)6(8-2)7(10)11/h6,8H,3-4H2,1-2H3,(H,10,11). The molecule has 0 saturated heterocycles. The molecule has 1 unspecified atom stereocenters. The van der Waals surface area contributed by atoms with E-state index >= 15 is 0 Å². The predicted molar refractivity (Wildman–Crippen MR) is 40.4 cm³/mol. The molecule has 0 rings (SSSR count). The van der Waals surface area contributed by atoms with Crippen LogP contribution in [0.2, 0.25) is 0 Å². The van der Waals surface area contributed by atoms with Crippen LogP contribution < -0.4 is 5.32 Å². The number of nitrogens with one attached hydrogen (secondary N) is 1. The number of carboxylic acids is 1. The largest absolute Gasteiger partial charge is 0.480 e. The summed E-state index contributed by atoms with van der Waals surface area (Å²) in [7, 11) is 1.46. The Labute approximate surface area is 65.6 Å². The maximum Gasteiger partial charge on any atom is 0.328 e. The minimum Gasteiger partial charge on any atom is -0.480 e. The molecule has 0 aromatic carbocycles. The summed E-state index contributed by atoms with van der Waals surface area (Å²) in [5.74, 6) is -1.37. The van der Waals surface area contributed by atoms with E-state index in [9.17, 15) is 9.59 Å². The Bertz CT molecular complexity index is 156. The van der Waals surface area contributed by atoms with Gasteiger partial charge >= 0.3 is 5.97 Å². The maximum absolute atomic E-state index is 11.0. The van der Waals surface area contributed by atoms with Gasteiger partial charge in [-0.3, -0.25) is 9.59 Å². The molecule has 0 spiro atoms. The second kappa shape index (κ2) is 4.85. The van der Waals surface area contributed by atoms with Crippen LogP contribution in [0.5, 0.6) is 0 Å². The number of carbonyl (C=O) groups is 2. The molecular weight excluding hydrogens is 146 g/mol. The first kappa shape index (κ1) is 10.1. The van der Waals surface area contributed by atoms with Crippen molar-refractivity contribution in [1.82, 2.24) is 5.32 Å². The second-order valence-electron chi connectivity index (χ2n) is 2.28. The van der Waals surface area contributed by atoms with Crippen molar-refractivity contribution in [1.29, 1.82) is 0 Å². The van der Waals surface area contributed by atoms with Crippen molar-refractivity contribution < 1.29 is 14.7 Å². The molecule has 0 heterocycles. The minimum atomic E-state index is -1.11. The summed E-state index contributed by atoms with van der Waals surface area (Å²) in [5, 5.41) is 10.9. The van der Waals surface area contributed by atoms with E-state index in [1.165, 1.54) is 7.05 Å². The summed E-state index contributed by atoms with van der Waals surface area (Å²) in [6, 6.07) is -1.03. The fourth-order valence-electron chi connectivity index (χ4n) is 0.813. The van der Waals surface area contributed by atoms with Crippen LogP contribution >= 0.6 is 0 Å². The molecule has 2 N–H and O–H groups in total. The van der Waals surface area contributed by atoms with Crippen LogP contribution in [0.25, 0.3) is 0 Å². The van der Waals surface area contributed by atoms with E-state index in [0.29, 0.717) is 12.8 Å². The zero-order chi connectivity index (χ0) is 8.85. The second-order valence-corrected chi connectivity index (χ2v) is 2.28. The van der Waals surface area contributed by atoms with E-state index in [-0.39, 0.29) is 5.78 Å². The van der Waals surface area contributed by atoms with Crippen LogP contribution in [0.1, 0.15) is 19.8 Å². The number of hydrogen-bond acceptors (Lipinski definition) is 3. The molecule has 0 aromatic heterocycles. The van der Waals surface area contributed by atoms with Gasteiger partial charge in [-0.15, -0.1) is 0 Å². The smallest absolute Gasteiger partial charge is 0.328 e. The predicted octanol–water partition coefficient (Wildman–Crippen LogP) is 0.0282. The Morgan fingerprint density at radius 1 is 1.55 bits per heavy atom. The topological polar surface area (TPSA) is 66.4 Å². The average Bonchev–Trinajstić information content (AvgIpc) is 1.88. The molecule has 11 heavy (non-hydrogen) atoms. The Hall–Kier alpha value is -0.900. The van der Waals surface area contributed by atoms with Gasteiger partial charge in [-0.25, -0.2) is 0 Å². The quantitative estimate of drug-likeness (QED) is 0.555. The fourth-order valence-corrected chi connectivity index (χ4v) is 0.813. The molecule has 0 bridgehead atoms. The molecular formula is C7H13NO3. The van der Waals surface area contributed by atoms with Crippen LogP contribution in [0.4, 0.5) is 0 Å². The van der Waals surface area contributed by atoms with E-state index in [0.717, 1.165) is 0 Å². The summed E-state index contributed by atoms with van der Waals surface area (Å²) in [6.07, 6.45) is 1.00. The molecule has 0 aliphatic rings. The van der Waals surface area contributed by atoms with Crippen molar-refractivity contribution in [3.05, 3.63) is 0 Å². The number of rotatable bonds is 5. The third kappa shape index (κ3) is 3.13. The number of ketones is 1. The lowest BCUT2D eigenvalue weighted by atomic mass is 10.1. The Morgan fingerprint density at radius 3 is 2.36 bits per heavy atom. The highest BCUT2D eigenvalue weighted by Crippen LogP contribution is 1.95. The van der Waals surface area contributed by atoms with Crippen molar-refractivity contribution in [3.8, 4) is 0 Å². The number of carbonyl (C=O) groups excluding carboxylic acids is 1. The molecule has 0 aliphatic heterocycles. The monoisotopic (exact) mass is 159 g/mol. The number of Topliss-reactive ketones (excluding diaryl/α,β-unsaturated/α-hetero) is 1. The highest BCUT2D eigenvalue weighted by molar-refractivity contribution is 6.02. The van der Waals surface area contributed by atoms with E-state index in [2.05, 4.69) is 5.32 Å². The van der Waals surface area contributed by atoms with Crippen molar-refractivity contribution in [3.63, 3.8) is 0 Å². The van der Waals surface area contributed by atoms with Crippen molar-refractivity contribution >= 4 is 11.8 Å². The lowest BCUT2D eigenvalue weighted by Crippen LogP contribution is -2.41. The molecule has 1 atom stereocenters. The molecule has 0 aromatic rings. The summed E-state index contributed by atoms with van der Waals surface area (Å²) >= 11 is 0. The van der Waals surface area contributed by atoms with Gasteiger partial charge in [0.15, 0.2) is 11.8 Å². The number of hydrogen-bond donors (Lipinski definition) is 2. The van der Waals surface area contributed by atoms with Gasteiger partial charge in [-0.2, -0.15) is 0 Å². The van der Waals surface area contributed by atoms with E-state index in [1.54, 1.807) is 0 Å². The van der Waals surface area contributed by atoms with Crippen LogP contribution in [-0.4, -0.2) is 29.9 Å². The van der Waals surface area contributed by atoms with Crippen molar-refractivity contribution in [2.75, 3.05) is 7.05 Å². The zero-order valence-corrected chi connectivity index (χ0v) is 6.76. The minimum absolute atomic E-state index is 0.262. The zero-order valence-electron chi connectivity index (χ0n) is 6.76. The van der Waals surface area contributed by atoms with Gasteiger partial charge in [0.25, 0.3) is 0 Å². The van der Waals surface area contributed by atoms with Gasteiger partial charge in [0.05, 0.1) is 0 Å². The van der Waals surface area contributed by atoms with Gasteiger partial charge in [0.2, 0.25) is 0 Å². The third-order valence-electron chi connectivity index (χ3n) is 1.35. The van der Waals surface area contributed by atoms with Gasteiger partial charge < -0.3 is 10.4 Å². The molecule has 64 valence electrons. The Kier molecular flexibility index (Phi) is 4.45. The molecule has 4 heteroatoms. The molecule has 0 aliphatic carbocycles. The van der Waals surface area contributed by atoms with E-state index in [1.807, 2.05) is 6.92 Å². The summed E-state index contributed by atoms with van der Waals surface area (Å²) in [5.41, 5.74) is 0. The Morgan fingerprint density at radius 2 is 2.09 bits per heavy atom. The first-order chi connectivity index (χ1) is 5.13. The van der Waals surface area contributed by atoms with Crippen molar-refractivity contribution in [2.24, 2.45) is 0 Å². The lowest BCUT2D eigenvalue weighted by molar-refractivity contribution is -0.143. The Balaban J connectivity index is 4.03. The molecule has 0 fully saturated rings. The van der Waals surface area contributed by atoms with Gasteiger partial charge in [0.1, 0.15) is 0 Å². The van der Waals surface area contributed by atoms with Gasteiger partial charge in [0, 0.05) is 6.42 Å². The normalized spacial score (nSPS) is 12.5. The first-order valence-electron chi connectivity index (χ1n) is 3.56. The molecule has 4 nitrogen and oxygen atoms in total. The number of carboxylic acid groups (broad SMARTS) is 1.